The van der Waals surface area contributed by atoms with Gasteiger partial charge in [-0.2, -0.15) is 0 Å². The molecule has 0 aliphatic carbocycles. The van der Waals surface area contributed by atoms with Gasteiger partial charge in [0.15, 0.2) is 0 Å². The molecule has 0 unspecified atom stereocenters. The first-order valence-corrected chi connectivity index (χ1v) is 6.39. The van der Waals surface area contributed by atoms with Crippen LogP contribution < -0.4 is 17.2 Å². The third-order valence-electron chi connectivity index (χ3n) is 2.71. The third kappa shape index (κ3) is 8.59. The Kier molecular flexibility index (Phi) is 10.8. The van der Waals surface area contributed by atoms with Gasteiger partial charge in [0.2, 0.25) is 0 Å². The molecule has 1 aliphatic heterocycles. The highest BCUT2D eigenvalue weighted by Gasteiger charge is 2.50. The van der Waals surface area contributed by atoms with Gasteiger partial charge in [0.25, 0.3) is 0 Å². The number of rotatable bonds is 2. The summed E-state index contributed by atoms with van der Waals surface area (Å²) in [5, 5.41) is 15.6. The zero-order chi connectivity index (χ0) is 15.7. The Balaban J connectivity index is 0. The molecular weight excluding hydrogens is 248 g/mol. The van der Waals surface area contributed by atoms with Gasteiger partial charge in [-0.15, -0.1) is 0 Å². The summed E-state index contributed by atoms with van der Waals surface area (Å²) in [6.45, 7) is 10.7. The molecule has 114 valence electrons. The minimum atomic E-state index is -1.34. The third-order valence-corrected chi connectivity index (χ3v) is 2.71. The number of nitrogens with two attached hydrogens (primary N) is 3. The molecule has 8 N–H and O–H groups in total. The molecule has 0 amide bonds. The number of hydrogen-bond acceptors (Lipinski definition) is 7. The van der Waals surface area contributed by atoms with Crippen molar-refractivity contribution >= 4 is 14.2 Å². The highest BCUT2D eigenvalue weighted by atomic mass is 16.7. The molecule has 7 nitrogen and oxygen atoms in total. The first-order chi connectivity index (χ1) is 8.57. The topological polar surface area (TPSA) is 137 Å². The minimum Gasteiger partial charge on any atom is -0.426 e. The van der Waals surface area contributed by atoms with Gasteiger partial charge >= 0.3 is 14.2 Å². The van der Waals surface area contributed by atoms with Crippen molar-refractivity contribution in [2.24, 2.45) is 17.2 Å². The Labute approximate surface area is 117 Å². The first-order valence-electron chi connectivity index (χ1n) is 6.39. The van der Waals surface area contributed by atoms with Crippen LogP contribution in [0.4, 0.5) is 0 Å². The molecular formula is C10H29B2N3O4. The van der Waals surface area contributed by atoms with Crippen LogP contribution in [0.1, 0.15) is 34.6 Å². The second kappa shape index (κ2) is 9.71. The van der Waals surface area contributed by atoms with Crippen LogP contribution in [0.3, 0.4) is 0 Å². The van der Waals surface area contributed by atoms with Crippen LogP contribution in [0.2, 0.25) is 0 Å². The maximum Gasteiger partial charge on any atom is 0.472 e. The van der Waals surface area contributed by atoms with E-state index in [0.717, 1.165) is 6.54 Å². The standard InChI is InChI=1S/C7H16BNO2.C2H7N.CH6BNO2/c1-6(2)7(3,4)11-8(5-9)10-6;1-2-3;3-1-2(4)5/h5,9H2,1-4H3;2-3H2,1H3;4-5H,1,3H2. The van der Waals surface area contributed by atoms with Crippen LogP contribution in [-0.2, 0) is 9.31 Å². The first kappa shape index (κ1) is 21.2. The summed E-state index contributed by atoms with van der Waals surface area (Å²) in [7, 11) is -1.57. The van der Waals surface area contributed by atoms with E-state index in [4.69, 9.17) is 30.8 Å². The summed E-state index contributed by atoms with van der Waals surface area (Å²) in [5.74, 6) is 0. The van der Waals surface area contributed by atoms with Gasteiger partial charge in [-0.05, 0) is 34.2 Å². The van der Waals surface area contributed by atoms with Gasteiger partial charge in [-0.25, -0.2) is 0 Å². The van der Waals surface area contributed by atoms with E-state index in [-0.39, 0.29) is 24.8 Å². The Morgan fingerprint density at radius 1 is 1.00 bits per heavy atom. The summed E-state index contributed by atoms with van der Waals surface area (Å²) in [4.78, 5) is 0. The molecule has 0 aromatic heterocycles. The second-order valence-corrected chi connectivity index (χ2v) is 5.05. The highest BCUT2D eigenvalue weighted by molar-refractivity contribution is 6.45. The van der Waals surface area contributed by atoms with Gasteiger partial charge in [0.05, 0.1) is 11.2 Å². The summed E-state index contributed by atoms with van der Waals surface area (Å²) in [6.07, 6.45) is 0.340. The van der Waals surface area contributed by atoms with E-state index in [1.54, 1.807) is 0 Å². The molecule has 0 bridgehead atoms. The molecule has 1 aliphatic rings. The van der Waals surface area contributed by atoms with Crippen molar-refractivity contribution in [2.75, 3.05) is 19.4 Å². The summed E-state index contributed by atoms with van der Waals surface area (Å²) in [5.41, 5.74) is 14.5. The average molecular weight is 277 g/mol. The lowest BCUT2D eigenvalue weighted by Crippen LogP contribution is -2.41. The fourth-order valence-corrected chi connectivity index (χ4v) is 1.06. The van der Waals surface area contributed by atoms with Crippen molar-refractivity contribution in [2.45, 2.75) is 45.8 Å². The molecule has 0 saturated carbocycles. The molecule has 1 heterocycles. The lowest BCUT2D eigenvalue weighted by molar-refractivity contribution is 0.00578. The monoisotopic (exact) mass is 277 g/mol. The predicted octanol–water partition coefficient (Wildman–Crippen LogP) is -1.50. The van der Waals surface area contributed by atoms with Gasteiger partial charge < -0.3 is 36.6 Å². The quantitative estimate of drug-likeness (QED) is 0.387. The Hall–Kier alpha value is -0.150. The van der Waals surface area contributed by atoms with Crippen LogP contribution in [-0.4, -0.2) is 54.9 Å². The van der Waals surface area contributed by atoms with Crippen molar-refractivity contribution < 1.29 is 19.4 Å². The molecule has 0 aromatic rings. The second-order valence-electron chi connectivity index (χ2n) is 5.05. The van der Waals surface area contributed by atoms with Gasteiger partial charge in [-0.3, -0.25) is 0 Å². The largest absolute Gasteiger partial charge is 0.472 e. The van der Waals surface area contributed by atoms with Gasteiger partial charge in [-0.1, -0.05) is 6.92 Å². The van der Waals surface area contributed by atoms with Gasteiger partial charge in [0, 0.05) is 12.9 Å². The fourth-order valence-electron chi connectivity index (χ4n) is 1.06. The molecule has 1 fully saturated rings. The van der Waals surface area contributed by atoms with E-state index < -0.39 is 7.12 Å². The molecule has 19 heavy (non-hydrogen) atoms. The van der Waals surface area contributed by atoms with Crippen molar-refractivity contribution in [1.82, 2.24) is 0 Å². The molecule has 0 atom stereocenters. The molecule has 0 radical (unpaired) electrons. The summed E-state index contributed by atoms with van der Waals surface area (Å²) < 4.78 is 11.1. The van der Waals surface area contributed by atoms with E-state index in [9.17, 15) is 0 Å². The van der Waals surface area contributed by atoms with E-state index in [1.165, 1.54) is 0 Å². The van der Waals surface area contributed by atoms with Crippen LogP contribution in [0.5, 0.6) is 0 Å². The number of hydrogen-bond donors (Lipinski definition) is 5. The zero-order valence-corrected chi connectivity index (χ0v) is 12.7. The Morgan fingerprint density at radius 2 is 1.26 bits per heavy atom. The predicted molar refractivity (Wildman–Crippen MR) is 79.1 cm³/mol. The van der Waals surface area contributed by atoms with Crippen LogP contribution >= 0.6 is 0 Å². The molecule has 9 heteroatoms. The average Bonchev–Trinajstić information content (AvgIpc) is 2.49. The van der Waals surface area contributed by atoms with Crippen LogP contribution in [0.15, 0.2) is 0 Å². The normalized spacial score (nSPS) is 18.9. The molecule has 1 rings (SSSR count). The van der Waals surface area contributed by atoms with Crippen molar-refractivity contribution in [3.63, 3.8) is 0 Å². The molecule has 0 spiro atoms. The summed E-state index contributed by atoms with van der Waals surface area (Å²) >= 11 is 0. The molecule has 1 saturated heterocycles. The molecule has 0 aromatic carbocycles. The van der Waals surface area contributed by atoms with E-state index in [2.05, 4.69) is 5.73 Å². The maximum absolute atomic E-state index is 7.79. The van der Waals surface area contributed by atoms with Crippen LogP contribution in [0, 0.1) is 0 Å². The SMILES string of the molecule is CC1(C)OB(CN)OC1(C)C.CCN.NCB(O)O. The van der Waals surface area contributed by atoms with Crippen molar-refractivity contribution in [1.29, 1.82) is 0 Å². The van der Waals surface area contributed by atoms with E-state index in [0.29, 0.717) is 6.44 Å². The minimum absolute atomic E-state index is 0.0833. The smallest absolute Gasteiger partial charge is 0.426 e. The summed E-state index contributed by atoms with van der Waals surface area (Å²) in [6, 6.07) is 0. The van der Waals surface area contributed by atoms with Crippen molar-refractivity contribution in [3.05, 3.63) is 0 Å². The fraction of sp³-hybridized carbons (Fsp3) is 1.00. The van der Waals surface area contributed by atoms with Crippen LogP contribution in [0.25, 0.3) is 0 Å². The lowest BCUT2D eigenvalue weighted by Gasteiger charge is -2.32. The van der Waals surface area contributed by atoms with E-state index in [1.807, 2.05) is 34.6 Å². The Morgan fingerprint density at radius 3 is 1.37 bits per heavy atom. The van der Waals surface area contributed by atoms with E-state index >= 15 is 0 Å². The lowest BCUT2D eigenvalue weighted by atomic mass is 9.90. The highest BCUT2D eigenvalue weighted by Crippen LogP contribution is 2.36. The Bertz CT molecular complexity index is 215. The maximum atomic E-state index is 7.79. The zero-order valence-electron chi connectivity index (χ0n) is 12.7. The van der Waals surface area contributed by atoms with Gasteiger partial charge in [0.1, 0.15) is 0 Å². The van der Waals surface area contributed by atoms with Crippen molar-refractivity contribution in [3.8, 4) is 0 Å².